The number of aryl methyl sites for hydroxylation is 2. The Morgan fingerprint density at radius 3 is 2.83 bits per heavy atom. The third kappa shape index (κ3) is 2.99. The molecule has 1 aliphatic carbocycles. The highest BCUT2D eigenvalue weighted by Gasteiger charge is 2.25. The molecule has 0 aliphatic heterocycles. The number of benzene rings is 1. The molecule has 1 amide bonds. The van der Waals surface area contributed by atoms with Crippen molar-refractivity contribution in [1.82, 2.24) is 5.32 Å². The molecule has 5 nitrogen and oxygen atoms in total. The number of fused-ring (bicyclic) bond motifs is 1. The van der Waals surface area contributed by atoms with Gasteiger partial charge in [0, 0.05) is 12.5 Å². The topological polar surface area (TPSA) is 79.5 Å². The summed E-state index contributed by atoms with van der Waals surface area (Å²) >= 11 is 0. The summed E-state index contributed by atoms with van der Waals surface area (Å²) in [5.74, 6) is -1.06. The Balaban J connectivity index is 1.82. The van der Waals surface area contributed by atoms with E-state index in [4.69, 9.17) is 9.52 Å². The minimum atomic E-state index is -1.08. The van der Waals surface area contributed by atoms with Crippen molar-refractivity contribution >= 4 is 11.9 Å². The Labute approximate surface area is 134 Å². The lowest BCUT2D eigenvalue weighted by Crippen LogP contribution is -2.30. The van der Waals surface area contributed by atoms with E-state index in [2.05, 4.69) is 11.4 Å². The van der Waals surface area contributed by atoms with E-state index in [0.717, 1.165) is 24.8 Å². The van der Waals surface area contributed by atoms with Gasteiger partial charge in [-0.05, 0) is 30.4 Å². The summed E-state index contributed by atoms with van der Waals surface area (Å²) in [5.41, 5.74) is 2.44. The van der Waals surface area contributed by atoms with E-state index in [1.807, 2.05) is 18.2 Å². The third-order valence-corrected chi connectivity index (χ3v) is 4.26. The standard InChI is InChI=1S/C18H19NO4/c1-2-15-13(18(21)22)10-16(23-15)17(20)19-14-9-5-7-11-6-3-4-8-12(11)14/h3-4,6,8,10,14H,2,5,7,9H2,1H3,(H,19,20)(H,21,22). The predicted octanol–water partition coefficient (Wildman–Crippen LogP) is 3.35. The van der Waals surface area contributed by atoms with Crippen molar-refractivity contribution in [1.29, 1.82) is 0 Å². The van der Waals surface area contributed by atoms with Crippen molar-refractivity contribution in [3.8, 4) is 0 Å². The largest absolute Gasteiger partial charge is 0.478 e. The van der Waals surface area contributed by atoms with E-state index in [-0.39, 0.29) is 23.3 Å². The summed E-state index contributed by atoms with van der Waals surface area (Å²) in [6.45, 7) is 1.80. The van der Waals surface area contributed by atoms with Crippen LogP contribution in [0.1, 0.15) is 63.6 Å². The molecule has 5 heteroatoms. The second-order valence-electron chi connectivity index (χ2n) is 5.72. The number of hydrogen-bond acceptors (Lipinski definition) is 3. The number of aromatic carboxylic acids is 1. The fourth-order valence-corrected chi connectivity index (χ4v) is 3.12. The Morgan fingerprint density at radius 1 is 1.35 bits per heavy atom. The molecule has 3 rings (SSSR count). The monoisotopic (exact) mass is 313 g/mol. The quantitative estimate of drug-likeness (QED) is 0.907. The van der Waals surface area contributed by atoms with Crippen molar-refractivity contribution in [2.45, 2.75) is 38.6 Å². The van der Waals surface area contributed by atoms with Gasteiger partial charge in [-0.1, -0.05) is 31.2 Å². The Morgan fingerprint density at radius 2 is 2.13 bits per heavy atom. The van der Waals surface area contributed by atoms with Crippen molar-refractivity contribution in [3.05, 3.63) is 58.5 Å². The summed E-state index contributed by atoms with van der Waals surface area (Å²) in [4.78, 5) is 23.6. The van der Waals surface area contributed by atoms with E-state index in [1.54, 1.807) is 6.92 Å². The number of amides is 1. The molecule has 120 valence electrons. The van der Waals surface area contributed by atoms with Crippen LogP contribution in [0.15, 0.2) is 34.7 Å². The lowest BCUT2D eigenvalue weighted by atomic mass is 9.88. The first-order chi connectivity index (χ1) is 11.1. The maximum absolute atomic E-state index is 12.4. The number of carbonyl (C=O) groups is 2. The van der Waals surface area contributed by atoms with E-state index in [1.165, 1.54) is 11.6 Å². The highest BCUT2D eigenvalue weighted by Crippen LogP contribution is 2.30. The maximum Gasteiger partial charge on any atom is 0.339 e. The number of carboxylic acids is 1. The SMILES string of the molecule is CCc1oc(C(=O)NC2CCCc3ccccc32)cc1C(=O)O. The zero-order valence-electron chi connectivity index (χ0n) is 13.0. The fraction of sp³-hybridized carbons (Fsp3) is 0.333. The number of furan rings is 1. The molecule has 2 aromatic rings. The first-order valence-corrected chi connectivity index (χ1v) is 7.84. The Kier molecular flexibility index (Phi) is 4.19. The van der Waals surface area contributed by atoms with E-state index in [9.17, 15) is 9.59 Å². The number of hydrogen-bond donors (Lipinski definition) is 2. The summed E-state index contributed by atoms with van der Waals surface area (Å²) in [6, 6.07) is 9.33. The fourth-order valence-electron chi connectivity index (χ4n) is 3.12. The molecule has 0 saturated heterocycles. The van der Waals surface area contributed by atoms with Gasteiger partial charge < -0.3 is 14.8 Å². The van der Waals surface area contributed by atoms with E-state index in [0.29, 0.717) is 12.2 Å². The summed E-state index contributed by atoms with van der Waals surface area (Å²) in [7, 11) is 0. The summed E-state index contributed by atoms with van der Waals surface area (Å²) < 4.78 is 5.42. The van der Waals surface area contributed by atoms with Crippen LogP contribution in [0.3, 0.4) is 0 Å². The zero-order valence-corrected chi connectivity index (χ0v) is 13.0. The van der Waals surface area contributed by atoms with Gasteiger partial charge in [0.05, 0.1) is 6.04 Å². The summed E-state index contributed by atoms with van der Waals surface area (Å²) in [6.07, 6.45) is 3.34. The van der Waals surface area contributed by atoms with Crippen LogP contribution in [0.4, 0.5) is 0 Å². The van der Waals surface area contributed by atoms with Gasteiger partial charge in [-0.15, -0.1) is 0 Å². The molecule has 1 atom stereocenters. The molecule has 0 bridgehead atoms. The van der Waals surface area contributed by atoms with Crippen molar-refractivity contribution < 1.29 is 19.1 Å². The number of carbonyl (C=O) groups excluding carboxylic acids is 1. The van der Waals surface area contributed by atoms with Gasteiger partial charge in [0.1, 0.15) is 11.3 Å². The highest BCUT2D eigenvalue weighted by atomic mass is 16.4. The second kappa shape index (κ2) is 6.28. The van der Waals surface area contributed by atoms with E-state index >= 15 is 0 Å². The number of carboxylic acid groups (broad SMARTS) is 1. The smallest absolute Gasteiger partial charge is 0.339 e. The number of rotatable bonds is 4. The molecule has 0 saturated carbocycles. The van der Waals surface area contributed by atoms with Crippen LogP contribution in [0.25, 0.3) is 0 Å². The zero-order chi connectivity index (χ0) is 16.4. The van der Waals surface area contributed by atoms with Crippen molar-refractivity contribution in [2.24, 2.45) is 0 Å². The van der Waals surface area contributed by atoms with Crippen molar-refractivity contribution in [2.75, 3.05) is 0 Å². The van der Waals surface area contributed by atoms with Gasteiger partial charge in [-0.25, -0.2) is 4.79 Å². The second-order valence-corrected chi connectivity index (χ2v) is 5.72. The van der Waals surface area contributed by atoms with E-state index < -0.39 is 5.97 Å². The average Bonchev–Trinajstić information content (AvgIpc) is 3.00. The Bertz CT molecular complexity index is 747. The highest BCUT2D eigenvalue weighted by molar-refractivity contribution is 5.96. The Hall–Kier alpha value is -2.56. The molecule has 1 unspecified atom stereocenters. The van der Waals surface area contributed by atoms with Crippen LogP contribution >= 0.6 is 0 Å². The molecule has 1 aromatic heterocycles. The van der Waals surface area contributed by atoms with Crippen LogP contribution in [0, 0.1) is 0 Å². The predicted molar refractivity (Wildman–Crippen MR) is 84.6 cm³/mol. The third-order valence-electron chi connectivity index (χ3n) is 4.26. The molecule has 1 aliphatic rings. The normalized spacial score (nSPS) is 16.7. The van der Waals surface area contributed by atoms with Crippen LogP contribution in [-0.4, -0.2) is 17.0 Å². The molecular weight excluding hydrogens is 294 g/mol. The minimum Gasteiger partial charge on any atom is -0.478 e. The number of nitrogens with one attached hydrogen (secondary N) is 1. The molecule has 0 spiro atoms. The van der Waals surface area contributed by atoms with Gasteiger partial charge in [-0.2, -0.15) is 0 Å². The average molecular weight is 313 g/mol. The van der Waals surface area contributed by atoms with Gasteiger partial charge in [0.2, 0.25) is 0 Å². The molecule has 23 heavy (non-hydrogen) atoms. The minimum absolute atomic E-state index is 0.0571. The molecule has 1 aromatic carbocycles. The van der Waals surface area contributed by atoms with Gasteiger partial charge in [0.15, 0.2) is 5.76 Å². The van der Waals surface area contributed by atoms with Crippen LogP contribution in [-0.2, 0) is 12.8 Å². The van der Waals surface area contributed by atoms with Gasteiger partial charge in [0.25, 0.3) is 5.91 Å². The van der Waals surface area contributed by atoms with Crippen LogP contribution in [0.2, 0.25) is 0 Å². The lowest BCUT2D eigenvalue weighted by molar-refractivity contribution is 0.0694. The first kappa shape index (κ1) is 15.3. The van der Waals surface area contributed by atoms with Gasteiger partial charge in [-0.3, -0.25) is 4.79 Å². The van der Waals surface area contributed by atoms with Crippen molar-refractivity contribution in [3.63, 3.8) is 0 Å². The van der Waals surface area contributed by atoms with Crippen LogP contribution in [0.5, 0.6) is 0 Å². The molecule has 0 radical (unpaired) electrons. The summed E-state index contributed by atoms with van der Waals surface area (Å²) in [5, 5.41) is 12.1. The molecule has 0 fully saturated rings. The lowest BCUT2D eigenvalue weighted by Gasteiger charge is -2.25. The molecule has 1 heterocycles. The molecule has 2 N–H and O–H groups in total. The van der Waals surface area contributed by atoms with Gasteiger partial charge >= 0.3 is 5.97 Å². The molecular formula is C18H19NO4. The first-order valence-electron chi connectivity index (χ1n) is 7.84. The maximum atomic E-state index is 12.4. The van der Waals surface area contributed by atoms with Crippen LogP contribution < -0.4 is 5.32 Å².